The van der Waals surface area contributed by atoms with E-state index in [2.05, 4.69) is 11.4 Å². The van der Waals surface area contributed by atoms with Crippen molar-refractivity contribution in [1.29, 1.82) is 5.26 Å². The van der Waals surface area contributed by atoms with E-state index in [-0.39, 0.29) is 11.5 Å². The first-order chi connectivity index (χ1) is 5.72. The van der Waals surface area contributed by atoms with Gasteiger partial charge in [0.05, 0.1) is 17.6 Å². The second-order valence-corrected chi connectivity index (χ2v) is 3.66. The molecule has 0 spiro atoms. The fraction of sp³-hybridized carbons (Fsp3) is 0.889. The van der Waals surface area contributed by atoms with Gasteiger partial charge in [0.15, 0.2) is 0 Å². The van der Waals surface area contributed by atoms with Gasteiger partial charge >= 0.3 is 0 Å². The van der Waals surface area contributed by atoms with Crippen molar-refractivity contribution in [3.63, 3.8) is 0 Å². The summed E-state index contributed by atoms with van der Waals surface area (Å²) < 4.78 is 0. The Morgan fingerprint density at radius 3 is 2.67 bits per heavy atom. The summed E-state index contributed by atoms with van der Waals surface area (Å²) in [7, 11) is 1.81. The molecule has 1 atom stereocenters. The molecule has 68 valence electrons. The average Bonchev–Trinajstić information content (AvgIpc) is 1.97. The molecular weight excluding hydrogens is 152 g/mol. The molecule has 1 rings (SSSR count). The summed E-state index contributed by atoms with van der Waals surface area (Å²) >= 11 is 0. The predicted molar refractivity (Wildman–Crippen MR) is 46.4 cm³/mol. The Bertz CT molecular complexity index is 181. The molecule has 0 heterocycles. The lowest BCUT2D eigenvalue weighted by Crippen LogP contribution is -2.35. The number of hydrogen-bond acceptors (Lipinski definition) is 3. The highest BCUT2D eigenvalue weighted by Crippen LogP contribution is 2.43. The smallest absolute Gasteiger partial charge is 0.0690 e. The van der Waals surface area contributed by atoms with Crippen molar-refractivity contribution in [2.45, 2.75) is 31.8 Å². The van der Waals surface area contributed by atoms with Gasteiger partial charge < -0.3 is 10.4 Å². The highest BCUT2D eigenvalue weighted by atomic mass is 16.3. The Morgan fingerprint density at radius 1 is 1.67 bits per heavy atom. The van der Waals surface area contributed by atoms with Gasteiger partial charge in [-0.25, -0.2) is 0 Å². The van der Waals surface area contributed by atoms with E-state index in [9.17, 15) is 5.11 Å². The highest BCUT2D eigenvalue weighted by Gasteiger charge is 2.38. The molecule has 0 aromatic heterocycles. The van der Waals surface area contributed by atoms with E-state index in [0.29, 0.717) is 13.0 Å². The van der Waals surface area contributed by atoms with Crippen molar-refractivity contribution in [3.05, 3.63) is 0 Å². The van der Waals surface area contributed by atoms with Crippen molar-refractivity contribution in [2.24, 2.45) is 5.41 Å². The van der Waals surface area contributed by atoms with Crippen LogP contribution in [0.15, 0.2) is 0 Å². The molecule has 3 nitrogen and oxygen atoms in total. The Balaban J connectivity index is 2.33. The van der Waals surface area contributed by atoms with E-state index in [1.165, 1.54) is 0 Å². The summed E-state index contributed by atoms with van der Waals surface area (Å²) in [5, 5.41) is 21.2. The number of hydrogen-bond donors (Lipinski definition) is 2. The number of aliphatic hydroxyl groups is 1. The third-order valence-electron chi connectivity index (χ3n) is 2.61. The van der Waals surface area contributed by atoms with Gasteiger partial charge in [-0.3, -0.25) is 0 Å². The van der Waals surface area contributed by atoms with Crippen LogP contribution in [-0.4, -0.2) is 24.8 Å². The van der Waals surface area contributed by atoms with Gasteiger partial charge in [-0.05, 0) is 26.3 Å². The van der Waals surface area contributed by atoms with E-state index >= 15 is 0 Å². The minimum absolute atomic E-state index is 0.198. The molecule has 0 saturated heterocycles. The summed E-state index contributed by atoms with van der Waals surface area (Å²) in [6.07, 6.45) is 3.33. The first-order valence-electron chi connectivity index (χ1n) is 4.46. The number of nitrogens with one attached hydrogen (secondary N) is 1. The molecule has 0 unspecified atom stereocenters. The summed E-state index contributed by atoms with van der Waals surface area (Å²) in [5.41, 5.74) is -0.198. The summed E-state index contributed by atoms with van der Waals surface area (Å²) in [6.45, 7) is 0.587. The van der Waals surface area contributed by atoms with Crippen molar-refractivity contribution in [3.8, 4) is 6.07 Å². The zero-order valence-electron chi connectivity index (χ0n) is 7.51. The highest BCUT2D eigenvalue weighted by molar-refractivity contribution is 5.05. The number of likely N-dealkylation sites (N-methyl/N-ethyl adjacent to an activating group) is 1. The maximum absolute atomic E-state index is 9.47. The van der Waals surface area contributed by atoms with Gasteiger partial charge in [0, 0.05) is 6.54 Å². The van der Waals surface area contributed by atoms with Crippen LogP contribution >= 0.6 is 0 Å². The molecule has 1 saturated carbocycles. The second-order valence-electron chi connectivity index (χ2n) is 3.66. The van der Waals surface area contributed by atoms with Gasteiger partial charge in [0.25, 0.3) is 0 Å². The Hall–Kier alpha value is -0.590. The van der Waals surface area contributed by atoms with E-state index in [1.54, 1.807) is 0 Å². The zero-order valence-corrected chi connectivity index (χ0v) is 7.51. The Kier molecular flexibility index (Phi) is 3.07. The third kappa shape index (κ3) is 1.96. The topological polar surface area (TPSA) is 56.0 Å². The molecule has 0 aromatic rings. The summed E-state index contributed by atoms with van der Waals surface area (Å²) in [5.74, 6) is 0. The normalized spacial score (nSPS) is 22.4. The number of rotatable bonds is 4. The predicted octanol–water partition coefficient (Wildman–Crippen LogP) is 0.651. The fourth-order valence-electron chi connectivity index (χ4n) is 1.72. The van der Waals surface area contributed by atoms with Crippen LogP contribution in [0.3, 0.4) is 0 Å². The fourth-order valence-corrected chi connectivity index (χ4v) is 1.72. The van der Waals surface area contributed by atoms with Gasteiger partial charge in [-0.2, -0.15) is 5.26 Å². The van der Waals surface area contributed by atoms with Gasteiger partial charge in [-0.15, -0.1) is 0 Å². The standard InChI is InChI=1S/C9H16N2O/c1-11-6-8(12)5-9(7-10)3-2-4-9/h8,11-12H,2-6H2,1H3/t8-/m0/s1. The lowest BCUT2D eigenvalue weighted by Gasteiger charge is -2.36. The van der Waals surface area contributed by atoms with Crippen molar-refractivity contribution >= 4 is 0 Å². The molecule has 1 aliphatic rings. The number of aliphatic hydroxyl groups excluding tert-OH is 1. The summed E-state index contributed by atoms with van der Waals surface area (Å²) in [4.78, 5) is 0. The monoisotopic (exact) mass is 168 g/mol. The van der Waals surface area contributed by atoms with E-state index in [4.69, 9.17) is 5.26 Å². The second kappa shape index (κ2) is 3.88. The van der Waals surface area contributed by atoms with Gasteiger partial charge in [0.1, 0.15) is 0 Å². The largest absolute Gasteiger partial charge is 0.392 e. The van der Waals surface area contributed by atoms with Crippen LogP contribution in [0.2, 0.25) is 0 Å². The zero-order chi connectivity index (χ0) is 9.03. The van der Waals surface area contributed by atoms with Crippen LogP contribution in [0.5, 0.6) is 0 Å². The lowest BCUT2D eigenvalue weighted by atomic mass is 9.67. The average molecular weight is 168 g/mol. The maximum atomic E-state index is 9.47. The molecule has 0 aliphatic heterocycles. The molecule has 0 bridgehead atoms. The molecular formula is C9H16N2O. The van der Waals surface area contributed by atoms with Crippen LogP contribution in [0.1, 0.15) is 25.7 Å². The molecule has 1 aliphatic carbocycles. The van der Waals surface area contributed by atoms with Crippen LogP contribution in [-0.2, 0) is 0 Å². The maximum Gasteiger partial charge on any atom is 0.0690 e. The molecule has 1 fully saturated rings. The minimum atomic E-state index is -0.366. The molecule has 0 radical (unpaired) electrons. The Morgan fingerprint density at radius 2 is 2.33 bits per heavy atom. The van der Waals surface area contributed by atoms with Crippen LogP contribution in [0.25, 0.3) is 0 Å². The molecule has 3 heteroatoms. The van der Waals surface area contributed by atoms with Crippen LogP contribution < -0.4 is 5.32 Å². The van der Waals surface area contributed by atoms with Crippen LogP contribution in [0.4, 0.5) is 0 Å². The van der Waals surface area contributed by atoms with Crippen LogP contribution in [0, 0.1) is 16.7 Å². The number of nitrogens with zero attached hydrogens (tertiary/aromatic N) is 1. The van der Waals surface area contributed by atoms with E-state index < -0.39 is 0 Å². The summed E-state index contributed by atoms with van der Waals surface area (Å²) in [6, 6.07) is 2.32. The van der Waals surface area contributed by atoms with E-state index in [0.717, 1.165) is 19.3 Å². The molecule has 0 amide bonds. The van der Waals surface area contributed by atoms with Crippen molar-refractivity contribution in [2.75, 3.05) is 13.6 Å². The SMILES string of the molecule is CNC[C@@H](O)CC1(C#N)CCC1. The van der Waals surface area contributed by atoms with Crippen molar-refractivity contribution in [1.82, 2.24) is 5.32 Å². The van der Waals surface area contributed by atoms with E-state index in [1.807, 2.05) is 7.05 Å². The van der Waals surface area contributed by atoms with Gasteiger partial charge in [0.2, 0.25) is 0 Å². The minimum Gasteiger partial charge on any atom is -0.392 e. The first kappa shape index (κ1) is 9.50. The number of nitriles is 1. The quantitative estimate of drug-likeness (QED) is 0.648. The Labute approximate surface area is 73.4 Å². The molecule has 12 heavy (non-hydrogen) atoms. The van der Waals surface area contributed by atoms with Crippen molar-refractivity contribution < 1.29 is 5.11 Å². The lowest BCUT2D eigenvalue weighted by molar-refractivity contribution is 0.0815. The molecule has 2 N–H and O–H groups in total. The van der Waals surface area contributed by atoms with Gasteiger partial charge in [-0.1, -0.05) is 6.42 Å². The molecule has 0 aromatic carbocycles. The first-order valence-corrected chi connectivity index (χ1v) is 4.46. The third-order valence-corrected chi connectivity index (χ3v) is 2.61.